The summed E-state index contributed by atoms with van der Waals surface area (Å²) in [6, 6.07) is 10.8. The number of aliphatic hydroxyl groups is 1. The van der Waals surface area contributed by atoms with Crippen LogP contribution in [0.2, 0.25) is 0 Å². The van der Waals surface area contributed by atoms with Gasteiger partial charge in [-0.2, -0.15) is 0 Å². The van der Waals surface area contributed by atoms with Crippen LogP contribution >= 0.6 is 0 Å². The lowest BCUT2D eigenvalue weighted by Gasteiger charge is -2.25. The van der Waals surface area contributed by atoms with Gasteiger partial charge in [-0.3, -0.25) is 9.69 Å². The molecule has 1 atom stereocenters. The maximum absolute atomic E-state index is 12.0. The highest BCUT2D eigenvalue weighted by atomic mass is 16.3. The van der Waals surface area contributed by atoms with Gasteiger partial charge in [0.05, 0.1) is 12.0 Å². The predicted octanol–water partition coefficient (Wildman–Crippen LogP) is 2.71. The average Bonchev–Trinajstić information content (AvgIpc) is 2.94. The zero-order valence-electron chi connectivity index (χ0n) is 14.4. The van der Waals surface area contributed by atoms with E-state index in [0.29, 0.717) is 12.6 Å². The summed E-state index contributed by atoms with van der Waals surface area (Å²) in [5.74, 6) is -0.0210. The molecule has 0 saturated heterocycles. The van der Waals surface area contributed by atoms with E-state index in [9.17, 15) is 9.90 Å². The van der Waals surface area contributed by atoms with Gasteiger partial charge in [-0.05, 0) is 38.8 Å². The van der Waals surface area contributed by atoms with Crippen molar-refractivity contribution in [3.8, 4) is 0 Å². The molecule has 4 heteroatoms. The first kappa shape index (κ1) is 18.0. The van der Waals surface area contributed by atoms with E-state index in [4.69, 9.17) is 0 Å². The number of rotatable bonds is 8. The molecule has 23 heavy (non-hydrogen) atoms. The highest BCUT2D eigenvalue weighted by Crippen LogP contribution is 2.32. The topological polar surface area (TPSA) is 52.6 Å². The summed E-state index contributed by atoms with van der Waals surface area (Å²) in [5.41, 5.74) is 0.550. The van der Waals surface area contributed by atoms with Crippen molar-refractivity contribution in [2.24, 2.45) is 0 Å². The van der Waals surface area contributed by atoms with Crippen LogP contribution in [0.4, 0.5) is 0 Å². The molecule has 1 aromatic rings. The van der Waals surface area contributed by atoms with Gasteiger partial charge in [0.2, 0.25) is 5.91 Å². The lowest BCUT2D eigenvalue weighted by molar-refractivity contribution is -0.125. The summed E-state index contributed by atoms with van der Waals surface area (Å²) in [6.07, 6.45) is 4.75. The fraction of sp³-hybridized carbons (Fsp3) is 0.632. The summed E-state index contributed by atoms with van der Waals surface area (Å²) in [5, 5.41) is 13.2. The lowest BCUT2D eigenvalue weighted by atomic mass is 9.97. The summed E-state index contributed by atoms with van der Waals surface area (Å²) in [6.45, 7) is 3.75. The van der Waals surface area contributed by atoms with Crippen molar-refractivity contribution in [1.29, 1.82) is 0 Å². The Hall–Kier alpha value is -1.39. The van der Waals surface area contributed by atoms with Crippen molar-refractivity contribution in [3.63, 3.8) is 0 Å². The van der Waals surface area contributed by atoms with Crippen LogP contribution in [0.15, 0.2) is 30.3 Å². The fourth-order valence-corrected chi connectivity index (χ4v) is 3.24. The van der Waals surface area contributed by atoms with Gasteiger partial charge in [-0.1, -0.05) is 43.2 Å². The molecule has 4 nitrogen and oxygen atoms in total. The van der Waals surface area contributed by atoms with Crippen LogP contribution in [0.5, 0.6) is 0 Å². The highest BCUT2D eigenvalue weighted by molar-refractivity contribution is 5.77. The number of carbonyl (C=O) groups is 1. The minimum Gasteiger partial charge on any atom is -0.389 e. The average molecular weight is 318 g/mol. The third kappa shape index (κ3) is 5.96. The molecular formula is C19H30N2O2. The second-order valence-electron chi connectivity index (χ2n) is 7.00. The fourth-order valence-electron chi connectivity index (χ4n) is 3.24. The molecule has 0 aliphatic heterocycles. The molecule has 2 N–H and O–H groups in total. The Labute approximate surface area is 139 Å². The van der Waals surface area contributed by atoms with Gasteiger partial charge in [0.25, 0.3) is 0 Å². The second-order valence-corrected chi connectivity index (χ2v) is 7.00. The molecule has 1 aromatic carbocycles. The van der Waals surface area contributed by atoms with Crippen LogP contribution in [0.25, 0.3) is 0 Å². The number of carbonyl (C=O) groups excluding carboxylic acids is 1. The van der Waals surface area contributed by atoms with Gasteiger partial charge >= 0.3 is 0 Å². The molecule has 0 heterocycles. The van der Waals surface area contributed by atoms with Crippen LogP contribution < -0.4 is 5.32 Å². The first-order valence-electron chi connectivity index (χ1n) is 8.72. The summed E-state index contributed by atoms with van der Waals surface area (Å²) >= 11 is 0. The molecular weight excluding hydrogens is 288 g/mol. The molecule has 0 bridgehead atoms. The van der Waals surface area contributed by atoms with Crippen molar-refractivity contribution in [3.05, 3.63) is 35.9 Å². The Morgan fingerprint density at radius 2 is 1.96 bits per heavy atom. The van der Waals surface area contributed by atoms with Gasteiger partial charge in [0.15, 0.2) is 0 Å². The quantitative estimate of drug-likeness (QED) is 0.775. The van der Waals surface area contributed by atoms with Crippen molar-refractivity contribution in [2.45, 2.75) is 63.6 Å². The van der Waals surface area contributed by atoms with E-state index in [1.54, 1.807) is 0 Å². The van der Waals surface area contributed by atoms with Gasteiger partial charge in [-0.15, -0.1) is 0 Å². The van der Waals surface area contributed by atoms with Crippen molar-refractivity contribution >= 4 is 5.91 Å². The Morgan fingerprint density at radius 3 is 2.61 bits per heavy atom. The third-order valence-corrected chi connectivity index (χ3v) is 4.94. The van der Waals surface area contributed by atoms with Gasteiger partial charge in [0, 0.05) is 19.1 Å². The van der Waals surface area contributed by atoms with Crippen LogP contribution in [0.3, 0.4) is 0 Å². The van der Waals surface area contributed by atoms with E-state index in [2.05, 4.69) is 48.5 Å². The van der Waals surface area contributed by atoms with Gasteiger partial charge in [0.1, 0.15) is 0 Å². The smallest absolute Gasteiger partial charge is 0.222 e. The van der Waals surface area contributed by atoms with Crippen LogP contribution in [0, 0.1) is 0 Å². The molecule has 1 unspecified atom stereocenters. The maximum Gasteiger partial charge on any atom is 0.222 e. The molecule has 2 rings (SSSR count). The van der Waals surface area contributed by atoms with Crippen molar-refractivity contribution < 1.29 is 9.90 Å². The molecule has 1 saturated carbocycles. The lowest BCUT2D eigenvalue weighted by Crippen LogP contribution is -2.37. The van der Waals surface area contributed by atoms with E-state index in [0.717, 1.165) is 38.6 Å². The summed E-state index contributed by atoms with van der Waals surface area (Å²) in [7, 11) is 2.11. The summed E-state index contributed by atoms with van der Waals surface area (Å²) in [4.78, 5) is 14.3. The second kappa shape index (κ2) is 8.46. The molecule has 1 fully saturated rings. The summed E-state index contributed by atoms with van der Waals surface area (Å²) < 4.78 is 0. The number of amides is 1. The molecule has 128 valence electrons. The van der Waals surface area contributed by atoms with Gasteiger partial charge < -0.3 is 10.4 Å². The number of benzene rings is 1. The normalized spacial score (nSPS) is 18.1. The van der Waals surface area contributed by atoms with Crippen LogP contribution in [0.1, 0.15) is 51.0 Å². The standard InChI is InChI=1S/C19H30N2O2/c1-16(21(2)15-17-8-4-3-5-9-17)10-13-20-18(22)14-19(23)11-6-7-12-19/h3-5,8-9,16,23H,6-7,10-15H2,1-2H3,(H,20,22). The first-order chi connectivity index (χ1) is 11.0. The van der Waals surface area contributed by atoms with E-state index in [1.807, 2.05) is 6.07 Å². The zero-order valence-corrected chi connectivity index (χ0v) is 14.4. The van der Waals surface area contributed by atoms with Crippen molar-refractivity contribution in [1.82, 2.24) is 10.2 Å². The molecule has 1 aliphatic rings. The zero-order chi connectivity index (χ0) is 16.7. The van der Waals surface area contributed by atoms with Crippen LogP contribution in [-0.2, 0) is 11.3 Å². The number of nitrogens with zero attached hydrogens (tertiary/aromatic N) is 1. The predicted molar refractivity (Wildman–Crippen MR) is 93.0 cm³/mol. The minimum absolute atomic E-state index is 0.0210. The molecule has 1 amide bonds. The van der Waals surface area contributed by atoms with Crippen LogP contribution in [-0.4, -0.2) is 41.1 Å². The monoisotopic (exact) mass is 318 g/mol. The molecule has 0 radical (unpaired) electrons. The largest absolute Gasteiger partial charge is 0.389 e. The van der Waals surface area contributed by atoms with E-state index >= 15 is 0 Å². The highest BCUT2D eigenvalue weighted by Gasteiger charge is 2.33. The minimum atomic E-state index is -0.750. The molecule has 1 aliphatic carbocycles. The Bertz CT molecular complexity index is 483. The maximum atomic E-state index is 12.0. The Morgan fingerprint density at radius 1 is 1.30 bits per heavy atom. The molecule has 0 spiro atoms. The van der Waals surface area contributed by atoms with E-state index in [-0.39, 0.29) is 12.3 Å². The SMILES string of the molecule is CC(CCNC(=O)CC1(O)CCCC1)N(C)Cc1ccccc1. The Kier molecular flexibility index (Phi) is 6.60. The van der Waals surface area contributed by atoms with E-state index < -0.39 is 5.60 Å². The van der Waals surface area contributed by atoms with Gasteiger partial charge in [-0.25, -0.2) is 0 Å². The molecule has 0 aromatic heterocycles. The number of hydrogen-bond donors (Lipinski definition) is 2. The number of hydrogen-bond acceptors (Lipinski definition) is 3. The Balaban J connectivity index is 1.65. The first-order valence-corrected chi connectivity index (χ1v) is 8.72. The third-order valence-electron chi connectivity index (χ3n) is 4.94. The number of nitrogens with one attached hydrogen (secondary N) is 1. The van der Waals surface area contributed by atoms with Crippen molar-refractivity contribution in [2.75, 3.05) is 13.6 Å². The van der Waals surface area contributed by atoms with E-state index in [1.165, 1.54) is 5.56 Å².